The normalized spacial score (nSPS) is 16.9. The summed E-state index contributed by atoms with van der Waals surface area (Å²) in [5.41, 5.74) is -5.75. The first-order valence-electron chi connectivity index (χ1n) is 32.5. The van der Waals surface area contributed by atoms with Gasteiger partial charge >= 0.3 is 29.4 Å². The van der Waals surface area contributed by atoms with Crippen LogP contribution in [0.3, 0.4) is 0 Å². The van der Waals surface area contributed by atoms with Crippen molar-refractivity contribution in [2.45, 2.75) is 144 Å². The van der Waals surface area contributed by atoms with Gasteiger partial charge in [0.25, 0.3) is 5.56 Å². The highest BCUT2D eigenvalue weighted by atomic mass is 35.5. The highest BCUT2D eigenvalue weighted by Crippen LogP contribution is 2.50. The summed E-state index contributed by atoms with van der Waals surface area (Å²) in [6, 6.07) is 6.91. The van der Waals surface area contributed by atoms with Crippen LogP contribution in [0.1, 0.15) is 118 Å². The van der Waals surface area contributed by atoms with E-state index in [1.807, 2.05) is 13.8 Å². The second-order valence-corrected chi connectivity index (χ2v) is 28.3. The molecule has 0 aliphatic carbocycles. The Labute approximate surface area is 593 Å². The summed E-state index contributed by atoms with van der Waals surface area (Å²) in [5.74, 6) is -6.00. The second kappa shape index (κ2) is 28.3. The maximum Gasteiger partial charge on any atom is 0.410 e. The highest BCUT2D eigenvalue weighted by molar-refractivity contribution is 6.35. The van der Waals surface area contributed by atoms with Gasteiger partial charge < -0.3 is 48.6 Å². The Kier molecular flexibility index (Phi) is 20.7. The molecular weight excluding hydrogens is 1380 g/mol. The standard InChI is InChI=1S/C36H39ClF2N6O8.C35H37ClF2N6O5/c1-17(2)28-29(19(4)40-16-41-28)44-30-20(13-21(37)25(27(30)39)26-22(38)11-10-12-24(26)51-8)31(32(33(44)46)45(49)50)43-14-18(3)42(15-23(43)34(47)52-9)35(48)53-36(5,6)7;1-16(2)27-29(18(4)39-15-40-27)44-30-19(12-20(36)24(26(30)38)25-21(37)10-9-11-23(25)48-8)31-28(33(44)46)41-32(45)22-14-42(17(3)13-43(22)31)34(47)49-35(5,6)7/h10-13,16-18,23H,14-15H2,1-9H3;9-12,15-17,22H,13-14H2,1-8H3,(H,41,45)/t18-,23-;17-,22-/m11/s1. The smallest absolute Gasteiger partial charge is 0.410 e. The van der Waals surface area contributed by atoms with Crippen molar-refractivity contribution in [3.63, 3.8) is 0 Å². The van der Waals surface area contributed by atoms with Crippen LogP contribution in [0, 0.1) is 47.2 Å². The number of nitrogens with zero attached hydrogens (tertiary/aromatic N) is 11. The molecule has 0 bridgehead atoms. The van der Waals surface area contributed by atoms with Crippen molar-refractivity contribution in [1.29, 1.82) is 0 Å². The zero-order valence-electron chi connectivity index (χ0n) is 59.1. The van der Waals surface area contributed by atoms with Crippen molar-refractivity contribution in [3.05, 3.63) is 148 Å². The summed E-state index contributed by atoms with van der Waals surface area (Å²) in [7, 11) is 3.68. The topological polar surface area (TPSA) is 278 Å². The summed E-state index contributed by atoms with van der Waals surface area (Å²) < 4.78 is 95.2. The summed E-state index contributed by atoms with van der Waals surface area (Å²) in [6.07, 6.45) is 1.27. The molecule has 0 radical (unpaired) electrons. The minimum Gasteiger partial charge on any atom is -0.496 e. The molecule has 0 spiro atoms. The van der Waals surface area contributed by atoms with Crippen LogP contribution in [-0.2, 0) is 23.8 Å². The Morgan fingerprint density at radius 3 is 1.47 bits per heavy atom. The number of methoxy groups -OCH3 is 3. The van der Waals surface area contributed by atoms with Crippen LogP contribution in [-0.4, -0.2) is 151 Å². The van der Waals surface area contributed by atoms with E-state index in [0.29, 0.717) is 11.4 Å². The molecule has 3 amide bonds. The van der Waals surface area contributed by atoms with Crippen LogP contribution in [0.15, 0.2) is 70.8 Å². The first-order valence-corrected chi connectivity index (χ1v) is 33.2. The van der Waals surface area contributed by atoms with E-state index in [0.717, 1.165) is 28.4 Å². The minimum atomic E-state index is -1.44. The number of nitro groups is 1. The number of hydrogen-bond donors (Lipinski definition) is 1. The molecule has 11 rings (SSSR count). The van der Waals surface area contributed by atoms with Gasteiger partial charge in [-0.05, 0) is 117 Å². The molecular formula is C71H76Cl2F4N12O13. The van der Waals surface area contributed by atoms with E-state index in [4.69, 9.17) is 46.9 Å². The average molecular weight is 1450 g/mol. The lowest BCUT2D eigenvalue weighted by Crippen LogP contribution is -2.65. The van der Waals surface area contributed by atoms with E-state index in [9.17, 15) is 38.9 Å². The number of pyridine rings is 2. The van der Waals surface area contributed by atoms with Gasteiger partial charge in [0, 0.05) is 47.1 Å². The predicted molar refractivity (Wildman–Crippen MR) is 376 cm³/mol. The molecule has 0 unspecified atom stereocenters. The van der Waals surface area contributed by atoms with E-state index in [1.165, 1.54) is 84.9 Å². The Morgan fingerprint density at radius 1 is 0.618 bits per heavy atom. The number of carbonyl (C=O) groups is 4. The third kappa shape index (κ3) is 13.4. The number of piperazine rings is 2. The van der Waals surface area contributed by atoms with Gasteiger partial charge in [0.15, 0.2) is 11.6 Å². The summed E-state index contributed by atoms with van der Waals surface area (Å²) in [4.78, 5) is 118. The molecule has 4 aromatic carbocycles. The molecule has 4 atom stereocenters. The number of esters is 1. The average Bonchev–Trinajstić information content (AvgIpc) is 0.712. The number of carbonyl (C=O) groups excluding carboxylic acids is 4. The van der Waals surface area contributed by atoms with Crippen molar-refractivity contribution in [1.82, 2.24) is 38.9 Å². The van der Waals surface area contributed by atoms with E-state index < -0.39 is 121 Å². The molecule has 4 aromatic heterocycles. The lowest BCUT2D eigenvalue weighted by molar-refractivity contribution is -0.385. The Bertz CT molecular complexity index is 4910. The fourth-order valence-corrected chi connectivity index (χ4v) is 13.8. The van der Waals surface area contributed by atoms with Gasteiger partial charge in [0.05, 0.1) is 111 Å². The molecule has 2 saturated heterocycles. The third-order valence-electron chi connectivity index (χ3n) is 17.6. The molecule has 25 nitrogen and oxygen atoms in total. The van der Waals surface area contributed by atoms with Gasteiger partial charge in [0.2, 0.25) is 5.91 Å². The maximum absolute atomic E-state index is 17.7. The summed E-state index contributed by atoms with van der Waals surface area (Å²) in [5, 5.41) is 15.2. The van der Waals surface area contributed by atoms with Crippen molar-refractivity contribution < 1.29 is 65.3 Å². The Morgan fingerprint density at radius 2 is 1.05 bits per heavy atom. The van der Waals surface area contributed by atoms with Crippen LogP contribution in [0.2, 0.25) is 10.0 Å². The largest absolute Gasteiger partial charge is 0.496 e. The number of ether oxygens (including phenoxy) is 5. The van der Waals surface area contributed by atoms with E-state index in [1.54, 1.807) is 81.1 Å². The van der Waals surface area contributed by atoms with Gasteiger partial charge in [-0.15, -0.1) is 0 Å². The molecule has 3 aliphatic heterocycles. The van der Waals surface area contributed by atoms with Gasteiger partial charge in [-0.3, -0.25) is 33.6 Å². The van der Waals surface area contributed by atoms with Gasteiger partial charge in [-0.2, -0.15) is 0 Å². The van der Waals surface area contributed by atoms with Crippen molar-refractivity contribution in [2.24, 2.45) is 0 Å². The number of aryl methyl sites for hydroxylation is 2. The first kappa shape index (κ1) is 74.5. The first-order chi connectivity index (χ1) is 47.9. The van der Waals surface area contributed by atoms with E-state index in [-0.39, 0.29) is 127 Å². The monoisotopic (exact) mass is 1450 g/mol. The Hall–Kier alpha value is -10.2. The zero-order chi connectivity index (χ0) is 75.0. The summed E-state index contributed by atoms with van der Waals surface area (Å²) in [6.45, 7) is 23.5. The van der Waals surface area contributed by atoms with E-state index >= 15 is 17.6 Å². The number of fused-ring (bicyclic) bond motifs is 6. The van der Waals surface area contributed by atoms with Crippen LogP contribution in [0.4, 0.5) is 49.9 Å². The molecule has 102 heavy (non-hydrogen) atoms. The fourth-order valence-electron chi connectivity index (χ4n) is 13.2. The number of aromatic nitrogens is 6. The fraction of sp³-hybridized carbons (Fsp3) is 0.408. The quantitative estimate of drug-likeness (QED) is 0.0414. The molecule has 2 fully saturated rings. The SMILES string of the molecule is COC(=O)[C@H]1CN(C(=O)OC(C)(C)C)[C@H](C)CN1c1c([N+](=O)[O-])c(=O)n(-c2c(C)ncnc2C(C)C)c2c(F)c(-c3c(F)cccc3OC)c(Cl)cc12.COc1cccc(F)c1-c1c(Cl)cc2c3c(c(=O)n(-c4c(C)ncnc4C(C)C)c2c1F)NC(=O)[C@H]1CN(C(=O)OC(C)(C)C)[C@H](C)CN31. The van der Waals surface area contributed by atoms with Gasteiger partial charge in [-0.1, -0.05) is 63.0 Å². The van der Waals surface area contributed by atoms with Crippen molar-refractivity contribution in [3.8, 4) is 45.1 Å². The zero-order valence-corrected chi connectivity index (χ0v) is 60.6. The number of halogens is 6. The molecule has 1 N–H and O–H groups in total. The number of amides is 3. The number of rotatable bonds is 11. The molecule has 0 saturated carbocycles. The van der Waals surface area contributed by atoms with Crippen LogP contribution < -0.4 is 35.7 Å². The van der Waals surface area contributed by atoms with Crippen LogP contribution in [0.5, 0.6) is 11.5 Å². The van der Waals surface area contributed by atoms with Crippen molar-refractivity contribution in [2.75, 3.05) is 62.6 Å². The highest BCUT2D eigenvalue weighted by Gasteiger charge is 2.48. The molecule has 8 aromatic rings. The molecule has 31 heteroatoms. The van der Waals surface area contributed by atoms with Gasteiger partial charge in [0.1, 0.15) is 70.4 Å². The van der Waals surface area contributed by atoms with Crippen molar-refractivity contribution >= 4 is 91.8 Å². The molecule has 3 aliphatic rings. The Balaban J connectivity index is 0.000000220. The number of hydrogen-bond acceptors (Lipinski definition) is 19. The van der Waals surface area contributed by atoms with Gasteiger partial charge in [-0.25, -0.2) is 51.9 Å². The number of nitrogens with one attached hydrogen (secondary N) is 1. The van der Waals surface area contributed by atoms with Crippen LogP contribution >= 0.6 is 23.2 Å². The molecule has 540 valence electrons. The number of benzene rings is 4. The maximum atomic E-state index is 17.7. The lowest BCUT2D eigenvalue weighted by Gasteiger charge is -2.48. The third-order valence-corrected chi connectivity index (χ3v) is 18.2. The lowest BCUT2D eigenvalue weighted by atomic mass is 9.96. The summed E-state index contributed by atoms with van der Waals surface area (Å²) >= 11 is 13.6. The predicted octanol–water partition coefficient (Wildman–Crippen LogP) is 13.3. The minimum absolute atomic E-state index is 0.0348. The molecule has 7 heterocycles. The van der Waals surface area contributed by atoms with Crippen LogP contribution in [0.25, 0.3) is 55.4 Å². The number of anilines is 3. The van der Waals surface area contributed by atoms with E-state index in [2.05, 4.69) is 25.3 Å². The second-order valence-electron chi connectivity index (χ2n) is 27.5.